The van der Waals surface area contributed by atoms with Crippen LogP contribution < -0.4 is 5.32 Å². The van der Waals surface area contributed by atoms with Gasteiger partial charge < -0.3 is 14.4 Å². The molecule has 0 atom stereocenters. The molecule has 0 aliphatic rings. The van der Waals surface area contributed by atoms with Crippen molar-refractivity contribution in [3.8, 4) is 11.3 Å². The highest BCUT2D eigenvalue weighted by atomic mass is 32.2. The minimum atomic E-state index is -0.248. The number of imidazole rings is 1. The Morgan fingerprint density at radius 3 is 2.54 bits per heavy atom. The molecule has 0 unspecified atom stereocenters. The van der Waals surface area contributed by atoms with Gasteiger partial charge in [0.2, 0.25) is 0 Å². The number of anilines is 1. The molecule has 4 rings (SSSR count). The normalized spacial score (nSPS) is 10.8. The van der Waals surface area contributed by atoms with Gasteiger partial charge in [0.1, 0.15) is 17.0 Å². The van der Waals surface area contributed by atoms with Crippen molar-refractivity contribution in [2.45, 2.75) is 17.0 Å². The lowest BCUT2D eigenvalue weighted by Crippen LogP contribution is -2.13. The molecule has 1 amide bonds. The molecular formula is C21H18N4O2S. The number of hydrogen-bond acceptors (Lipinski definition) is 5. The second-order valence-corrected chi connectivity index (χ2v) is 7.27. The van der Waals surface area contributed by atoms with Crippen LogP contribution in [0.5, 0.6) is 0 Å². The highest BCUT2D eigenvalue weighted by Crippen LogP contribution is 2.28. The summed E-state index contributed by atoms with van der Waals surface area (Å²) in [6.07, 6.45) is 3.67. The van der Waals surface area contributed by atoms with Crippen LogP contribution in [0.3, 0.4) is 0 Å². The second-order valence-electron chi connectivity index (χ2n) is 6.23. The predicted molar refractivity (Wildman–Crippen MR) is 108 cm³/mol. The third-order valence-corrected chi connectivity index (χ3v) is 5.32. The number of amides is 1. The van der Waals surface area contributed by atoms with Crippen molar-refractivity contribution in [3.63, 3.8) is 0 Å². The molecule has 140 valence electrons. The van der Waals surface area contributed by atoms with Crippen molar-refractivity contribution in [1.29, 1.82) is 0 Å². The van der Waals surface area contributed by atoms with E-state index in [9.17, 15) is 4.79 Å². The van der Waals surface area contributed by atoms with E-state index in [1.54, 1.807) is 24.9 Å². The minimum Gasteiger partial charge on any atom is -0.360 e. The predicted octanol–water partition coefficient (Wildman–Crippen LogP) is 4.79. The molecular weight excluding hydrogens is 372 g/mol. The summed E-state index contributed by atoms with van der Waals surface area (Å²) in [6, 6.07) is 17.2. The van der Waals surface area contributed by atoms with Gasteiger partial charge in [-0.2, -0.15) is 0 Å². The molecule has 4 aromatic rings. The molecule has 0 saturated carbocycles. The summed E-state index contributed by atoms with van der Waals surface area (Å²) in [4.78, 5) is 18.2. The Bertz CT molecular complexity index is 1100. The molecule has 2 aromatic heterocycles. The second kappa shape index (κ2) is 7.74. The van der Waals surface area contributed by atoms with Gasteiger partial charge >= 0.3 is 0 Å². The van der Waals surface area contributed by atoms with Crippen molar-refractivity contribution < 1.29 is 9.32 Å². The molecule has 1 N–H and O–H groups in total. The molecule has 2 aromatic carbocycles. The summed E-state index contributed by atoms with van der Waals surface area (Å²) in [6.45, 7) is 1.74. The van der Waals surface area contributed by atoms with E-state index in [1.807, 2.05) is 72.4 Å². The largest absolute Gasteiger partial charge is 0.360 e. The summed E-state index contributed by atoms with van der Waals surface area (Å²) in [5.74, 6) is 0.236. The summed E-state index contributed by atoms with van der Waals surface area (Å²) in [5, 5.41) is 7.89. The zero-order valence-electron chi connectivity index (χ0n) is 15.4. The molecule has 0 aliphatic heterocycles. The van der Waals surface area contributed by atoms with E-state index in [1.165, 1.54) is 0 Å². The summed E-state index contributed by atoms with van der Waals surface area (Å²) in [5.41, 5.74) is 2.52. The monoisotopic (exact) mass is 390 g/mol. The number of carbonyl (C=O) groups is 1. The van der Waals surface area contributed by atoms with Crippen molar-refractivity contribution in [3.05, 3.63) is 78.3 Å². The van der Waals surface area contributed by atoms with Gasteiger partial charge in [0, 0.05) is 35.6 Å². The summed E-state index contributed by atoms with van der Waals surface area (Å²) >= 11 is 1.56. The Morgan fingerprint density at radius 1 is 1.11 bits per heavy atom. The number of benzene rings is 2. The quantitative estimate of drug-likeness (QED) is 0.530. The minimum absolute atomic E-state index is 0.248. The van der Waals surface area contributed by atoms with Crippen LogP contribution in [-0.4, -0.2) is 20.6 Å². The Labute approximate surface area is 166 Å². The maximum absolute atomic E-state index is 12.8. The van der Waals surface area contributed by atoms with Crippen LogP contribution in [0.2, 0.25) is 0 Å². The Kier molecular flexibility index (Phi) is 4.99. The van der Waals surface area contributed by atoms with E-state index in [2.05, 4.69) is 15.5 Å². The van der Waals surface area contributed by atoms with Gasteiger partial charge in [-0.1, -0.05) is 47.3 Å². The average Bonchev–Trinajstić information content (AvgIpc) is 3.29. The maximum atomic E-state index is 12.8. The van der Waals surface area contributed by atoms with E-state index in [4.69, 9.17) is 4.52 Å². The molecule has 6 nitrogen and oxygen atoms in total. The van der Waals surface area contributed by atoms with Crippen LogP contribution in [0, 0.1) is 6.92 Å². The number of hydrogen-bond donors (Lipinski definition) is 1. The first kappa shape index (κ1) is 18.1. The van der Waals surface area contributed by atoms with E-state index >= 15 is 0 Å². The number of nitrogens with zero attached hydrogens (tertiary/aromatic N) is 3. The smallest absolute Gasteiger partial charge is 0.261 e. The van der Waals surface area contributed by atoms with Crippen molar-refractivity contribution in [2.75, 3.05) is 5.32 Å². The van der Waals surface area contributed by atoms with Gasteiger partial charge in [0.05, 0.1) is 0 Å². The standard InChI is InChI=1S/C21H18N4O2S/c1-14-18(19(24-27-14)15-6-4-3-5-7-15)20(26)23-16-8-10-17(11-9-16)28-21-22-12-13-25(21)2/h3-13H,1-2H3,(H,23,26). The number of aromatic nitrogens is 3. The molecule has 7 heteroatoms. The first-order chi connectivity index (χ1) is 13.6. The maximum Gasteiger partial charge on any atom is 0.261 e. The summed E-state index contributed by atoms with van der Waals surface area (Å²) in [7, 11) is 1.95. The molecule has 0 aliphatic carbocycles. The highest BCUT2D eigenvalue weighted by molar-refractivity contribution is 7.99. The van der Waals surface area contributed by atoms with Crippen LogP contribution in [-0.2, 0) is 7.05 Å². The number of aryl methyl sites for hydroxylation is 2. The number of nitrogens with one attached hydrogen (secondary N) is 1. The zero-order valence-corrected chi connectivity index (χ0v) is 16.2. The molecule has 28 heavy (non-hydrogen) atoms. The van der Waals surface area contributed by atoms with Gasteiger partial charge in [-0.05, 0) is 31.2 Å². The molecule has 0 saturated heterocycles. The number of rotatable bonds is 5. The van der Waals surface area contributed by atoms with Gasteiger partial charge in [0.25, 0.3) is 5.91 Å². The van der Waals surface area contributed by atoms with Crippen LogP contribution in [0.1, 0.15) is 16.1 Å². The lowest BCUT2D eigenvalue weighted by molar-refractivity contribution is 0.102. The van der Waals surface area contributed by atoms with Crippen LogP contribution in [0.15, 0.2) is 81.6 Å². The fraction of sp³-hybridized carbons (Fsp3) is 0.0952. The number of carbonyl (C=O) groups excluding carboxylic acids is 1. The highest BCUT2D eigenvalue weighted by Gasteiger charge is 2.21. The molecule has 0 radical (unpaired) electrons. The fourth-order valence-corrected chi connectivity index (χ4v) is 3.59. The lowest BCUT2D eigenvalue weighted by Gasteiger charge is -2.07. The van der Waals surface area contributed by atoms with Gasteiger partial charge in [-0.25, -0.2) is 4.98 Å². The van der Waals surface area contributed by atoms with E-state index in [0.717, 1.165) is 15.6 Å². The third kappa shape index (κ3) is 3.70. The van der Waals surface area contributed by atoms with Gasteiger partial charge in [-0.15, -0.1) is 0 Å². The molecule has 2 heterocycles. The van der Waals surface area contributed by atoms with E-state index in [-0.39, 0.29) is 5.91 Å². The lowest BCUT2D eigenvalue weighted by atomic mass is 10.1. The average molecular weight is 390 g/mol. The van der Waals surface area contributed by atoms with Crippen molar-refractivity contribution in [2.24, 2.45) is 7.05 Å². The van der Waals surface area contributed by atoms with E-state index in [0.29, 0.717) is 22.7 Å². The van der Waals surface area contributed by atoms with Gasteiger partial charge in [-0.3, -0.25) is 4.79 Å². The van der Waals surface area contributed by atoms with Crippen LogP contribution >= 0.6 is 11.8 Å². The topological polar surface area (TPSA) is 73.0 Å². The first-order valence-electron chi connectivity index (χ1n) is 8.70. The van der Waals surface area contributed by atoms with Crippen molar-refractivity contribution in [1.82, 2.24) is 14.7 Å². The third-order valence-electron chi connectivity index (χ3n) is 4.24. The van der Waals surface area contributed by atoms with Gasteiger partial charge in [0.15, 0.2) is 5.16 Å². The SMILES string of the molecule is Cc1onc(-c2ccccc2)c1C(=O)Nc1ccc(Sc2nccn2C)cc1. The molecule has 0 fully saturated rings. The van der Waals surface area contributed by atoms with Crippen molar-refractivity contribution >= 4 is 23.4 Å². The Hall–Kier alpha value is -3.32. The Balaban J connectivity index is 1.52. The molecule has 0 spiro atoms. The first-order valence-corrected chi connectivity index (χ1v) is 9.52. The van der Waals surface area contributed by atoms with Crippen LogP contribution in [0.4, 0.5) is 5.69 Å². The van der Waals surface area contributed by atoms with E-state index < -0.39 is 0 Å². The fourth-order valence-electron chi connectivity index (χ4n) is 2.79. The molecule has 0 bridgehead atoms. The zero-order chi connectivity index (χ0) is 19.5. The summed E-state index contributed by atoms with van der Waals surface area (Å²) < 4.78 is 7.23. The van der Waals surface area contributed by atoms with Crippen LogP contribution in [0.25, 0.3) is 11.3 Å². The Morgan fingerprint density at radius 2 is 1.86 bits per heavy atom.